The van der Waals surface area contributed by atoms with Gasteiger partial charge in [-0.05, 0) is 30.3 Å². The molecule has 1 N–H and O–H groups in total. The van der Waals surface area contributed by atoms with Gasteiger partial charge in [0.25, 0.3) is 0 Å². The van der Waals surface area contributed by atoms with Crippen molar-refractivity contribution in [2.75, 3.05) is 0 Å². The van der Waals surface area contributed by atoms with Crippen LogP contribution in [0.25, 0.3) is 4.85 Å². The Morgan fingerprint density at radius 1 is 1.26 bits per heavy atom. The standard InChI is InChI=1S/C14H7ClN2O2/c1-17-11-4-9(8-16)5-12(7-11)19-14-6-10(15)2-3-13(14)18/h2-7,18H. The number of phenols is 1. The molecule has 4 nitrogen and oxygen atoms in total. The lowest BCUT2D eigenvalue weighted by atomic mass is 10.2. The number of halogens is 1. The zero-order valence-corrected chi connectivity index (χ0v) is 10.3. The van der Waals surface area contributed by atoms with Crippen molar-refractivity contribution in [1.29, 1.82) is 5.26 Å². The zero-order chi connectivity index (χ0) is 13.8. The summed E-state index contributed by atoms with van der Waals surface area (Å²) in [7, 11) is 0. The molecule has 0 bridgehead atoms. The minimum atomic E-state index is -0.0730. The van der Waals surface area contributed by atoms with Gasteiger partial charge in [-0.15, -0.1) is 0 Å². The molecule has 0 saturated carbocycles. The molecule has 92 valence electrons. The third kappa shape index (κ3) is 2.95. The van der Waals surface area contributed by atoms with Gasteiger partial charge in [0.15, 0.2) is 17.2 Å². The summed E-state index contributed by atoms with van der Waals surface area (Å²) >= 11 is 5.81. The third-order valence-electron chi connectivity index (χ3n) is 2.30. The lowest BCUT2D eigenvalue weighted by molar-refractivity contribution is 0.411. The van der Waals surface area contributed by atoms with Gasteiger partial charge in [-0.1, -0.05) is 11.6 Å². The second kappa shape index (κ2) is 5.30. The first kappa shape index (κ1) is 12.8. The van der Waals surface area contributed by atoms with Crippen LogP contribution in [0.5, 0.6) is 17.2 Å². The molecular weight excluding hydrogens is 264 g/mol. The largest absolute Gasteiger partial charge is 0.504 e. The molecule has 0 aliphatic carbocycles. The predicted molar refractivity (Wildman–Crippen MR) is 70.6 cm³/mol. The van der Waals surface area contributed by atoms with E-state index < -0.39 is 0 Å². The lowest BCUT2D eigenvalue weighted by Gasteiger charge is -2.08. The molecule has 0 amide bonds. The van der Waals surface area contributed by atoms with E-state index in [0.29, 0.717) is 16.3 Å². The Bertz CT molecular complexity index is 682. The Morgan fingerprint density at radius 3 is 2.74 bits per heavy atom. The van der Waals surface area contributed by atoms with E-state index in [2.05, 4.69) is 4.85 Å². The van der Waals surface area contributed by atoms with Gasteiger partial charge >= 0.3 is 0 Å². The quantitative estimate of drug-likeness (QED) is 0.830. The van der Waals surface area contributed by atoms with Crippen LogP contribution in [0.1, 0.15) is 5.56 Å². The van der Waals surface area contributed by atoms with Crippen molar-refractivity contribution in [2.24, 2.45) is 0 Å². The maximum Gasteiger partial charge on any atom is 0.192 e. The molecule has 0 radical (unpaired) electrons. The van der Waals surface area contributed by atoms with Crippen molar-refractivity contribution in [1.82, 2.24) is 0 Å². The van der Waals surface area contributed by atoms with Crippen LogP contribution >= 0.6 is 11.6 Å². The second-order valence-electron chi connectivity index (χ2n) is 3.65. The average Bonchev–Trinajstić information content (AvgIpc) is 2.42. The van der Waals surface area contributed by atoms with Crippen molar-refractivity contribution < 1.29 is 9.84 Å². The molecule has 0 aromatic heterocycles. The molecule has 5 heteroatoms. The van der Waals surface area contributed by atoms with E-state index in [9.17, 15) is 5.11 Å². The molecule has 19 heavy (non-hydrogen) atoms. The molecule has 0 aliphatic heterocycles. The minimum Gasteiger partial charge on any atom is -0.504 e. The number of aromatic hydroxyl groups is 1. The number of nitrogens with zero attached hydrogens (tertiary/aromatic N) is 2. The molecule has 0 fully saturated rings. The van der Waals surface area contributed by atoms with Crippen molar-refractivity contribution in [3.63, 3.8) is 0 Å². The molecular formula is C14H7ClN2O2. The van der Waals surface area contributed by atoms with Crippen LogP contribution in [-0.2, 0) is 0 Å². The number of benzene rings is 2. The summed E-state index contributed by atoms with van der Waals surface area (Å²) in [4.78, 5) is 3.25. The first-order valence-electron chi connectivity index (χ1n) is 5.21. The Labute approximate surface area is 114 Å². The predicted octanol–water partition coefficient (Wildman–Crippen LogP) is 4.26. The first-order valence-corrected chi connectivity index (χ1v) is 5.59. The molecule has 0 saturated heterocycles. The Hall–Kier alpha value is -2.69. The van der Waals surface area contributed by atoms with E-state index in [1.165, 1.54) is 36.4 Å². The zero-order valence-electron chi connectivity index (χ0n) is 9.59. The minimum absolute atomic E-state index is 0.0730. The number of rotatable bonds is 2. The summed E-state index contributed by atoms with van der Waals surface area (Å²) in [5, 5.41) is 18.9. The third-order valence-corrected chi connectivity index (χ3v) is 2.53. The second-order valence-corrected chi connectivity index (χ2v) is 4.09. The Morgan fingerprint density at radius 2 is 2.05 bits per heavy atom. The molecule has 0 spiro atoms. The number of phenolic OH excluding ortho intramolecular Hbond substituents is 1. The summed E-state index contributed by atoms with van der Waals surface area (Å²) < 4.78 is 5.45. The first-order chi connectivity index (χ1) is 9.12. The molecule has 2 rings (SSSR count). The summed E-state index contributed by atoms with van der Waals surface area (Å²) in [5.74, 6) is 0.386. The van der Waals surface area contributed by atoms with E-state index >= 15 is 0 Å². The van der Waals surface area contributed by atoms with Crippen molar-refractivity contribution in [3.05, 3.63) is 58.4 Å². The van der Waals surface area contributed by atoms with Crippen molar-refractivity contribution in [3.8, 4) is 23.3 Å². The van der Waals surface area contributed by atoms with E-state index in [0.717, 1.165) is 0 Å². The van der Waals surface area contributed by atoms with Gasteiger partial charge in [0, 0.05) is 16.7 Å². The molecule has 0 unspecified atom stereocenters. The number of hydrogen-bond acceptors (Lipinski definition) is 3. The van der Waals surface area contributed by atoms with Gasteiger partial charge in [0.2, 0.25) is 0 Å². The van der Waals surface area contributed by atoms with Gasteiger partial charge < -0.3 is 9.84 Å². The molecule has 0 heterocycles. The highest BCUT2D eigenvalue weighted by atomic mass is 35.5. The summed E-state index contributed by atoms with van der Waals surface area (Å²) in [6, 6.07) is 10.7. The fourth-order valence-corrected chi connectivity index (χ4v) is 1.63. The highest BCUT2D eigenvalue weighted by Crippen LogP contribution is 2.34. The SMILES string of the molecule is [C-]#[N+]c1cc(C#N)cc(Oc2cc(Cl)ccc2O)c1. The molecule has 0 aliphatic rings. The van der Waals surface area contributed by atoms with Crippen LogP contribution in [0.2, 0.25) is 5.02 Å². The van der Waals surface area contributed by atoms with Gasteiger partial charge in [0.1, 0.15) is 5.75 Å². The fourth-order valence-electron chi connectivity index (χ4n) is 1.47. The molecule has 2 aromatic carbocycles. The maximum atomic E-state index is 9.64. The highest BCUT2D eigenvalue weighted by Gasteiger charge is 2.07. The summed E-state index contributed by atoms with van der Waals surface area (Å²) in [6.07, 6.45) is 0. The Kier molecular flexibility index (Phi) is 3.56. The van der Waals surface area contributed by atoms with Crippen molar-refractivity contribution >= 4 is 17.3 Å². The number of ether oxygens (including phenoxy) is 1. The van der Waals surface area contributed by atoms with E-state index in [1.54, 1.807) is 0 Å². The normalized spacial score (nSPS) is 9.42. The summed E-state index contributed by atoms with van der Waals surface area (Å²) in [6.45, 7) is 6.96. The van der Waals surface area contributed by atoms with Crippen LogP contribution in [0.4, 0.5) is 5.69 Å². The van der Waals surface area contributed by atoms with Gasteiger partial charge in [0.05, 0.1) is 12.6 Å². The van der Waals surface area contributed by atoms with Gasteiger partial charge in [-0.2, -0.15) is 5.26 Å². The van der Waals surface area contributed by atoms with Crippen LogP contribution in [0.3, 0.4) is 0 Å². The molecule has 0 atom stereocenters. The van der Waals surface area contributed by atoms with E-state index in [4.69, 9.17) is 28.2 Å². The summed E-state index contributed by atoms with van der Waals surface area (Å²) in [5.41, 5.74) is 0.598. The van der Waals surface area contributed by atoms with E-state index in [-0.39, 0.29) is 17.2 Å². The molecule has 2 aromatic rings. The van der Waals surface area contributed by atoms with Crippen LogP contribution < -0.4 is 4.74 Å². The lowest BCUT2D eigenvalue weighted by Crippen LogP contribution is -1.86. The van der Waals surface area contributed by atoms with Crippen LogP contribution in [-0.4, -0.2) is 5.11 Å². The smallest absolute Gasteiger partial charge is 0.192 e. The van der Waals surface area contributed by atoms with Crippen LogP contribution in [0, 0.1) is 17.9 Å². The van der Waals surface area contributed by atoms with E-state index in [1.807, 2.05) is 6.07 Å². The highest BCUT2D eigenvalue weighted by molar-refractivity contribution is 6.30. The monoisotopic (exact) mass is 270 g/mol. The number of hydrogen-bond donors (Lipinski definition) is 1. The fraction of sp³-hybridized carbons (Fsp3) is 0. The van der Waals surface area contributed by atoms with Gasteiger partial charge in [-0.3, -0.25) is 0 Å². The topological polar surface area (TPSA) is 57.6 Å². The Balaban J connectivity index is 2.41. The number of nitriles is 1. The maximum absolute atomic E-state index is 9.64. The average molecular weight is 271 g/mol. The van der Waals surface area contributed by atoms with Gasteiger partial charge in [-0.25, -0.2) is 4.85 Å². The van der Waals surface area contributed by atoms with Crippen molar-refractivity contribution in [2.45, 2.75) is 0 Å². The van der Waals surface area contributed by atoms with Crippen LogP contribution in [0.15, 0.2) is 36.4 Å².